The van der Waals surface area contributed by atoms with E-state index in [0.717, 1.165) is 6.42 Å². The molecule has 2 saturated heterocycles. The van der Waals surface area contributed by atoms with Crippen LogP contribution in [-0.2, 0) is 28.4 Å². The lowest BCUT2D eigenvalue weighted by molar-refractivity contribution is -0.359. The summed E-state index contributed by atoms with van der Waals surface area (Å²) in [6.07, 6.45) is -3.49. The first kappa shape index (κ1) is 35.7. The molecule has 2 fully saturated rings. The van der Waals surface area contributed by atoms with Crippen LogP contribution in [0, 0.1) is 0 Å². The van der Waals surface area contributed by atoms with Crippen LogP contribution in [0.2, 0.25) is 0 Å². The first-order chi connectivity index (χ1) is 19.3. The van der Waals surface area contributed by atoms with E-state index < -0.39 is 74.6 Å². The van der Waals surface area contributed by atoms with Crippen molar-refractivity contribution in [1.29, 1.82) is 0 Å². The van der Waals surface area contributed by atoms with Gasteiger partial charge in [-0.3, -0.25) is 0 Å². The third kappa shape index (κ3) is 11.6. The van der Waals surface area contributed by atoms with Crippen LogP contribution in [-0.4, -0.2) is 143 Å². The molecule has 0 saturated carbocycles. The van der Waals surface area contributed by atoms with Gasteiger partial charge < -0.3 is 64.2 Å². The van der Waals surface area contributed by atoms with Crippen LogP contribution >= 0.6 is 0 Å². The third-order valence-electron chi connectivity index (χ3n) is 7.23. The van der Waals surface area contributed by atoms with E-state index >= 15 is 0 Å². The molecule has 2 aliphatic heterocycles. The van der Waals surface area contributed by atoms with E-state index in [1.54, 1.807) is 0 Å². The van der Waals surface area contributed by atoms with Gasteiger partial charge in [-0.2, -0.15) is 0 Å². The van der Waals surface area contributed by atoms with Crippen LogP contribution in [0.4, 0.5) is 0 Å². The second-order valence-electron chi connectivity index (χ2n) is 10.4. The molecular formula is C27H52O13. The zero-order valence-electron chi connectivity index (χ0n) is 23.7. The van der Waals surface area contributed by atoms with Crippen molar-refractivity contribution < 1.29 is 64.2 Å². The number of hydrogen-bond acceptors (Lipinski definition) is 13. The van der Waals surface area contributed by atoms with Crippen molar-refractivity contribution in [2.24, 2.45) is 0 Å². The van der Waals surface area contributed by atoms with Gasteiger partial charge in [-0.1, -0.05) is 58.3 Å². The van der Waals surface area contributed by atoms with E-state index in [4.69, 9.17) is 28.4 Å². The Morgan fingerprint density at radius 3 is 1.68 bits per heavy atom. The monoisotopic (exact) mass is 584 g/mol. The molecule has 0 aromatic rings. The fourth-order valence-electron chi connectivity index (χ4n) is 4.75. The predicted octanol–water partition coefficient (Wildman–Crippen LogP) is -0.809. The number of rotatable bonds is 21. The minimum Gasteiger partial charge on any atom is -0.394 e. The summed E-state index contributed by atoms with van der Waals surface area (Å²) in [4.78, 5) is 0. The maximum Gasteiger partial charge on any atom is 0.187 e. The lowest BCUT2D eigenvalue weighted by Gasteiger charge is -2.45. The average molecular weight is 585 g/mol. The fourth-order valence-corrected chi connectivity index (χ4v) is 4.75. The number of unbranched alkanes of at least 4 members (excludes halogenated alkanes) is 8. The number of ether oxygens (including phenoxy) is 6. The quantitative estimate of drug-likeness (QED) is 0.0828. The van der Waals surface area contributed by atoms with Gasteiger partial charge in [0.2, 0.25) is 0 Å². The summed E-state index contributed by atoms with van der Waals surface area (Å²) >= 11 is 0. The minimum absolute atomic E-state index is 0.0447. The molecular weight excluding hydrogens is 532 g/mol. The molecule has 0 aliphatic carbocycles. The highest BCUT2D eigenvalue weighted by Crippen LogP contribution is 2.29. The summed E-state index contributed by atoms with van der Waals surface area (Å²) in [5, 5.41) is 70.2. The first-order valence-corrected chi connectivity index (χ1v) is 14.7. The van der Waals surface area contributed by atoms with Gasteiger partial charge in [-0.25, -0.2) is 0 Å². The highest BCUT2D eigenvalue weighted by molar-refractivity contribution is 4.94. The Kier molecular flexibility index (Phi) is 18.2. The Morgan fingerprint density at radius 2 is 1.05 bits per heavy atom. The molecule has 2 aliphatic rings. The zero-order valence-corrected chi connectivity index (χ0v) is 23.7. The van der Waals surface area contributed by atoms with Crippen molar-refractivity contribution in [2.45, 2.75) is 126 Å². The summed E-state index contributed by atoms with van der Waals surface area (Å²) in [7, 11) is 0. The molecule has 7 N–H and O–H groups in total. The van der Waals surface area contributed by atoms with E-state index in [9.17, 15) is 35.7 Å². The highest BCUT2D eigenvalue weighted by atomic mass is 16.7. The molecule has 0 bridgehead atoms. The van der Waals surface area contributed by atoms with E-state index in [1.165, 1.54) is 51.4 Å². The summed E-state index contributed by atoms with van der Waals surface area (Å²) in [5.41, 5.74) is 0. The van der Waals surface area contributed by atoms with Gasteiger partial charge in [0.1, 0.15) is 48.8 Å². The maximum atomic E-state index is 10.6. The van der Waals surface area contributed by atoms with E-state index in [2.05, 4.69) is 6.92 Å². The smallest absolute Gasteiger partial charge is 0.187 e. The highest BCUT2D eigenvalue weighted by Gasteiger charge is 2.50. The van der Waals surface area contributed by atoms with E-state index in [-0.39, 0.29) is 13.2 Å². The van der Waals surface area contributed by atoms with Gasteiger partial charge in [0.25, 0.3) is 0 Å². The molecule has 0 unspecified atom stereocenters. The van der Waals surface area contributed by atoms with Crippen LogP contribution in [0.25, 0.3) is 0 Å². The van der Waals surface area contributed by atoms with Crippen molar-refractivity contribution in [1.82, 2.24) is 0 Å². The molecule has 2 rings (SSSR count). The standard InChI is InChI=1S/C27H52O13/c1-2-3-4-5-6-7-8-9-10-11-35-12-13-36-14-15-37-26-24(34)22(32)25(19(17-29)39-26)40-27-23(33)21(31)20(30)18(16-28)38-27/h18-34H,2-17H2,1H3/t18-,19-,20+,21+,22-,23-,24-,25-,26+,27+/m1/s1. The number of aliphatic hydroxyl groups is 7. The molecule has 238 valence electrons. The van der Waals surface area contributed by atoms with Crippen LogP contribution in [0.1, 0.15) is 64.7 Å². The molecule has 13 nitrogen and oxygen atoms in total. The molecule has 40 heavy (non-hydrogen) atoms. The molecule has 0 aromatic heterocycles. The largest absolute Gasteiger partial charge is 0.394 e. The van der Waals surface area contributed by atoms with Gasteiger partial charge in [0.05, 0.1) is 39.6 Å². The summed E-state index contributed by atoms with van der Waals surface area (Å²) in [6.45, 7) is 2.71. The maximum absolute atomic E-state index is 10.6. The SMILES string of the molecule is CCCCCCCCCCCOCCOCCO[C@H]1O[C@H](CO)[C@@H](O[C@@H]2O[C@H](CO)[C@H](O)[C@H](O)[C@H]2O)[C@H](O)[C@H]1O. The Hall–Kier alpha value is -0.520. The topological polar surface area (TPSA) is 197 Å². The Labute approximate surface area is 236 Å². The molecule has 0 spiro atoms. The Balaban J connectivity index is 1.59. The summed E-state index contributed by atoms with van der Waals surface area (Å²) in [6, 6.07) is 0. The summed E-state index contributed by atoms with van der Waals surface area (Å²) < 4.78 is 32.9. The molecule has 10 atom stereocenters. The second kappa shape index (κ2) is 20.4. The molecule has 2 heterocycles. The molecule has 0 radical (unpaired) electrons. The van der Waals surface area contributed by atoms with Gasteiger partial charge >= 0.3 is 0 Å². The van der Waals surface area contributed by atoms with Crippen LogP contribution in [0.5, 0.6) is 0 Å². The van der Waals surface area contributed by atoms with Gasteiger partial charge in [0.15, 0.2) is 12.6 Å². The van der Waals surface area contributed by atoms with Crippen molar-refractivity contribution in [3.63, 3.8) is 0 Å². The number of hydrogen-bond donors (Lipinski definition) is 7. The van der Waals surface area contributed by atoms with E-state index in [0.29, 0.717) is 19.8 Å². The van der Waals surface area contributed by atoms with Crippen LogP contribution in [0.15, 0.2) is 0 Å². The summed E-state index contributed by atoms with van der Waals surface area (Å²) in [5.74, 6) is 0. The van der Waals surface area contributed by atoms with Crippen molar-refractivity contribution in [2.75, 3.05) is 46.2 Å². The van der Waals surface area contributed by atoms with Gasteiger partial charge in [-0.05, 0) is 6.42 Å². The molecule has 0 aromatic carbocycles. The first-order valence-electron chi connectivity index (χ1n) is 14.7. The minimum atomic E-state index is -1.72. The number of aliphatic hydroxyl groups excluding tert-OH is 7. The van der Waals surface area contributed by atoms with Crippen LogP contribution < -0.4 is 0 Å². The lowest BCUT2D eigenvalue weighted by Crippen LogP contribution is -2.64. The fraction of sp³-hybridized carbons (Fsp3) is 1.00. The third-order valence-corrected chi connectivity index (χ3v) is 7.23. The van der Waals surface area contributed by atoms with Gasteiger partial charge in [0, 0.05) is 6.61 Å². The molecule has 13 heteroatoms. The Bertz CT molecular complexity index is 625. The zero-order chi connectivity index (χ0) is 29.3. The second-order valence-corrected chi connectivity index (χ2v) is 10.4. The van der Waals surface area contributed by atoms with Crippen molar-refractivity contribution in [3.05, 3.63) is 0 Å². The normalized spacial score (nSPS) is 34.8. The van der Waals surface area contributed by atoms with Crippen molar-refractivity contribution in [3.8, 4) is 0 Å². The average Bonchev–Trinajstić information content (AvgIpc) is 2.96. The van der Waals surface area contributed by atoms with Gasteiger partial charge in [-0.15, -0.1) is 0 Å². The lowest BCUT2D eigenvalue weighted by atomic mass is 9.97. The Morgan fingerprint density at radius 1 is 0.525 bits per heavy atom. The van der Waals surface area contributed by atoms with Crippen LogP contribution in [0.3, 0.4) is 0 Å². The van der Waals surface area contributed by atoms with E-state index in [1.807, 2.05) is 0 Å². The molecule has 0 amide bonds. The van der Waals surface area contributed by atoms with Crippen molar-refractivity contribution >= 4 is 0 Å². The predicted molar refractivity (Wildman–Crippen MR) is 141 cm³/mol.